The van der Waals surface area contributed by atoms with Gasteiger partial charge in [-0.05, 0) is 0 Å². The molecule has 1 aliphatic rings. The van der Waals surface area contributed by atoms with Gasteiger partial charge < -0.3 is 0 Å². The number of likely N-dealkylation sites (tertiary alicyclic amines) is 1. The number of amides is 1. The average molecular weight is 341 g/mol. The summed E-state index contributed by atoms with van der Waals surface area (Å²) in [6.07, 6.45) is 4.91. The summed E-state index contributed by atoms with van der Waals surface area (Å²) in [7, 11) is 0. The Kier molecular flexibility index (Phi) is 3.83. The molecule has 0 radical (unpaired) electrons. The molecule has 3 heteroatoms. The van der Waals surface area contributed by atoms with Gasteiger partial charge in [0.25, 0.3) is 0 Å². The number of carbonyl (C=O) groups excluding carboxylic acids is 1. The summed E-state index contributed by atoms with van der Waals surface area (Å²) < 4.78 is 0.441. The summed E-state index contributed by atoms with van der Waals surface area (Å²) in [6.45, 7) is 3.21. The Morgan fingerprint density at radius 3 is 2.82 bits per heavy atom. The molecule has 0 aromatic rings. The molecule has 1 amide bonds. The van der Waals surface area contributed by atoms with E-state index in [9.17, 15) is 4.79 Å². The number of rotatable bonds is 1. The maximum absolute atomic E-state index is 11.2. The van der Waals surface area contributed by atoms with Gasteiger partial charge in [0.2, 0.25) is 0 Å². The SMILES string of the molecule is CCC1CCCCN1[C](=O)[Hg]. The predicted octanol–water partition coefficient (Wildman–Crippen LogP) is 1.92. The second-order valence-corrected chi connectivity index (χ2v) is 5.50. The molecule has 59 valence electrons. The van der Waals surface area contributed by atoms with Crippen molar-refractivity contribution < 1.29 is 30.9 Å². The van der Waals surface area contributed by atoms with Crippen molar-refractivity contribution >= 4 is 3.42 Å². The number of carbonyl (C=O) groups is 1. The Labute approximate surface area is 84.3 Å². The average Bonchev–Trinajstić information content (AvgIpc) is 2.04. The van der Waals surface area contributed by atoms with Gasteiger partial charge in [-0.15, -0.1) is 0 Å². The Morgan fingerprint density at radius 1 is 1.64 bits per heavy atom. The van der Waals surface area contributed by atoms with E-state index < -0.39 is 0 Å². The standard InChI is InChI=1S/C8H14NO.Hg/c1-2-8-5-3-4-6-9(8)7-10;/h8H,2-6H2,1H3;. The summed E-state index contributed by atoms with van der Waals surface area (Å²) in [6, 6.07) is 0.578. The molecule has 1 atom stereocenters. The zero-order valence-electron chi connectivity index (χ0n) is 7.18. The molecule has 0 bridgehead atoms. The summed E-state index contributed by atoms with van der Waals surface area (Å²) >= 11 is 0.296. The van der Waals surface area contributed by atoms with E-state index in [1.165, 1.54) is 19.3 Å². The molecule has 1 fully saturated rings. The topological polar surface area (TPSA) is 20.3 Å². The van der Waals surface area contributed by atoms with Crippen LogP contribution in [0.3, 0.4) is 0 Å². The van der Waals surface area contributed by atoms with Crippen LogP contribution in [0.5, 0.6) is 0 Å². The first-order valence-corrected chi connectivity index (χ1v) is 7.13. The summed E-state index contributed by atoms with van der Waals surface area (Å²) in [5, 5.41) is 0. The van der Waals surface area contributed by atoms with Crippen molar-refractivity contribution in [1.82, 2.24) is 4.90 Å². The van der Waals surface area contributed by atoms with Crippen LogP contribution in [0.15, 0.2) is 0 Å². The van der Waals surface area contributed by atoms with E-state index in [0.717, 1.165) is 13.0 Å². The van der Waals surface area contributed by atoms with Crippen LogP contribution in [0.2, 0.25) is 0 Å². The second-order valence-electron chi connectivity index (χ2n) is 3.14. The number of piperidine rings is 1. The van der Waals surface area contributed by atoms with Crippen molar-refractivity contribution in [3.63, 3.8) is 0 Å². The van der Waals surface area contributed by atoms with E-state index in [-0.39, 0.29) is 0 Å². The zero-order chi connectivity index (χ0) is 8.27. The van der Waals surface area contributed by atoms with Crippen LogP contribution in [-0.4, -0.2) is 20.9 Å². The first kappa shape index (κ1) is 9.49. The minimum absolute atomic E-state index is 0.296. The molecule has 0 aromatic carbocycles. The van der Waals surface area contributed by atoms with Gasteiger partial charge >= 0.3 is 84.4 Å². The quantitative estimate of drug-likeness (QED) is 0.668. The van der Waals surface area contributed by atoms with Gasteiger partial charge in [-0.1, -0.05) is 0 Å². The fraction of sp³-hybridized carbons (Fsp3) is 0.875. The fourth-order valence-electron chi connectivity index (χ4n) is 1.75. The van der Waals surface area contributed by atoms with Crippen molar-refractivity contribution in [2.45, 2.75) is 38.6 Å². The Hall–Kier alpha value is 0.405. The molecule has 1 saturated heterocycles. The van der Waals surface area contributed by atoms with Crippen molar-refractivity contribution in [1.29, 1.82) is 0 Å². The third kappa shape index (κ3) is 2.43. The van der Waals surface area contributed by atoms with Gasteiger partial charge in [-0.3, -0.25) is 0 Å². The summed E-state index contributed by atoms with van der Waals surface area (Å²) in [5.74, 6) is 0. The molecule has 1 rings (SSSR count). The van der Waals surface area contributed by atoms with Crippen LogP contribution in [0.25, 0.3) is 0 Å². The first-order chi connectivity index (χ1) is 5.25. The van der Waals surface area contributed by atoms with Crippen LogP contribution in [-0.2, 0) is 26.1 Å². The van der Waals surface area contributed by atoms with Gasteiger partial charge in [-0.25, -0.2) is 0 Å². The van der Waals surface area contributed by atoms with Crippen molar-refractivity contribution in [2.75, 3.05) is 6.54 Å². The molecule has 1 unspecified atom stereocenters. The summed E-state index contributed by atoms with van der Waals surface area (Å²) in [5.41, 5.74) is 0. The first-order valence-electron chi connectivity index (χ1n) is 4.38. The fourth-order valence-corrected chi connectivity index (χ4v) is 3.37. The number of nitrogens with zero attached hydrogens (tertiary/aromatic N) is 1. The van der Waals surface area contributed by atoms with Crippen molar-refractivity contribution in [2.24, 2.45) is 0 Å². The number of hydrogen-bond acceptors (Lipinski definition) is 1. The maximum atomic E-state index is 11.2. The molecule has 0 spiro atoms. The van der Waals surface area contributed by atoms with E-state index in [4.69, 9.17) is 0 Å². The van der Waals surface area contributed by atoms with E-state index >= 15 is 0 Å². The molecule has 0 aliphatic carbocycles. The summed E-state index contributed by atoms with van der Waals surface area (Å²) in [4.78, 5) is 13.3. The van der Waals surface area contributed by atoms with Crippen LogP contribution in [0, 0.1) is 0 Å². The predicted molar refractivity (Wildman–Crippen MR) is 40.0 cm³/mol. The van der Waals surface area contributed by atoms with Gasteiger partial charge in [0.1, 0.15) is 0 Å². The van der Waals surface area contributed by atoms with Crippen LogP contribution < -0.4 is 0 Å². The molecule has 1 heterocycles. The van der Waals surface area contributed by atoms with Crippen LogP contribution in [0.1, 0.15) is 32.6 Å². The molecule has 0 saturated carbocycles. The minimum atomic E-state index is 0.296. The normalized spacial score (nSPS) is 25.4. The Morgan fingerprint density at radius 2 is 2.36 bits per heavy atom. The third-order valence-electron chi connectivity index (χ3n) is 2.42. The number of hydrogen-bond donors (Lipinski definition) is 0. The van der Waals surface area contributed by atoms with E-state index in [1.807, 2.05) is 0 Å². The van der Waals surface area contributed by atoms with E-state index in [0.29, 0.717) is 35.6 Å². The molecule has 0 aromatic heterocycles. The zero-order valence-corrected chi connectivity index (χ0v) is 12.7. The molecular formula is C8H14HgNO. The molecule has 0 N–H and O–H groups in total. The monoisotopic (exact) mass is 342 g/mol. The molecule has 2 nitrogen and oxygen atoms in total. The van der Waals surface area contributed by atoms with Crippen LogP contribution >= 0.6 is 0 Å². The van der Waals surface area contributed by atoms with Gasteiger partial charge in [0, 0.05) is 0 Å². The Balaban J connectivity index is 2.51. The van der Waals surface area contributed by atoms with Gasteiger partial charge in [0.05, 0.1) is 0 Å². The van der Waals surface area contributed by atoms with E-state index in [1.54, 1.807) is 0 Å². The molecular weight excluding hydrogens is 327 g/mol. The third-order valence-corrected chi connectivity index (χ3v) is 4.00. The van der Waals surface area contributed by atoms with E-state index in [2.05, 4.69) is 11.8 Å². The van der Waals surface area contributed by atoms with Gasteiger partial charge in [-0.2, -0.15) is 0 Å². The Bertz CT molecular complexity index is 149. The molecule has 1 aliphatic heterocycles. The van der Waals surface area contributed by atoms with Crippen molar-refractivity contribution in [3.8, 4) is 0 Å². The van der Waals surface area contributed by atoms with Crippen molar-refractivity contribution in [3.05, 3.63) is 0 Å². The van der Waals surface area contributed by atoms with Crippen LogP contribution in [0.4, 0.5) is 4.79 Å². The second kappa shape index (κ2) is 4.44. The van der Waals surface area contributed by atoms with Gasteiger partial charge in [0.15, 0.2) is 0 Å². The molecule has 11 heavy (non-hydrogen) atoms.